The smallest absolute Gasteiger partial charge is 0.232 e. The van der Waals surface area contributed by atoms with Gasteiger partial charge in [0.15, 0.2) is 5.82 Å². The highest BCUT2D eigenvalue weighted by atomic mass is 35.5. The second-order valence-electron chi connectivity index (χ2n) is 7.18. The number of aromatic nitrogens is 3. The predicted molar refractivity (Wildman–Crippen MR) is 126 cm³/mol. The molecule has 170 valence electrons. The Balaban J connectivity index is 1.45. The van der Waals surface area contributed by atoms with Gasteiger partial charge in [0.25, 0.3) is 0 Å². The molecule has 8 nitrogen and oxygen atoms in total. The van der Waals surface area contributed by atoms with Crippen LogP contribution < -0.4 is 15.3 Å². The fourth-order valence-corrected chi connectivity index (χ4v) is 3.80. The van der Waals surface area contributed by atoms with Crippen LogP contribution in [-0.4, -0.2) is 51.6 Å². The van der Waals surface area contributed by atoms with Crippen LogP contribution in [0, 0.1) is 13.8 Å². The van der Waals surface area contributed by atoms with E-state index in [1.807, 2.05) is 32.0 Å². The highest BCUT2D eigenvalue weighted by Crippen LogP contribution is 2.23. The summed E-state index contributed by atoms with van der Waals surface area (Å²) in [5.41, 5.74) is 2.08. The van der Waals surface area contributed by atoms with Crippen molar-refractivity contribution >= 4 is 29.3 Å². The second-order valence-corrected chi connectivity index (χ2v) is 8.56. The summed E-state index contributed by atoms with van der Waals surface area (Å²) in [6.07, 6.45) is 0. The van der Waals surface area contributed by atoms with Crippen molar-refractivity contribution in [1.29, 1.82) is 0 Å². The van der Waals surface area contributed by atoms with Crippen molar-refractivity contribution in [2.75, 3.05) is 31.8 Å². The molecule has 1 heterocycles. The van der Waals surface area contributed by atoms with Crippen molar-refractivity contribution in [3.8, 4) is 11.5 Å². The number of nitrogen functional groups attached to an aromatic ring is 1. The Morgan fingerprint density at radius 3 is 2.50 bits per heavy atom. The van der Waals surface area contributed by atoms with E-state index in [1.165, 1.54) is 16.4 Å². The van der Waals surface area contributed by atoms with Gasteiger partial charge in [0.05, 0.1) is 12.3 Å². The minimum atomic E-state index is -0.0639. The summed E-state index contributed by atoms with van der Waals surface area (Å²) in [7, 11) is 1.73. The lowest BCUT2D eigenvalue weighted by atomic mass is 10.1. The number of rotatable bonds is 10. The molecular weight excluding hydrogens is 450 g/mol. The zero-order valence-corrected chi connectivity index (χ0v) is 19.8. The van der Waals surface area contributed by atoms with Crippen LogP contribution in [0.25, 0.3) is 0 Å². The molecule has 0 radical (unpaired) electrons. The quantitative estimate of drug-likeness (QED) is 0.354. The lowest BCUT2D eigenvalue weighted by Gasteiger charge is -2.17. The fraction of sp³-hybridized carbons (Fsp3) is 0.318. The molecule has 0 saturated carbocycles. The average molecular weight is 476 g/mol. The number of carbonyl (C=O) groups excluding carboxylic acids is 1. The van der Waals surface area contributed by atoms with Crippen molar-refractivity contribution in [3.63, 3.8) is 0 Å². The molecule has 0 fully saturated rings. The molecule has 3 rings (SSSR count). The number of thioether (sulfide) groups is 1. The number of para-hydroxylation sites is 1. The first-order valence-electron chi connectivity index (χ1n) is 9.98. The van der Waals surface area contributed by atoms with E-state index in [2.05, 4.69) is 10.2 Å². The van der Waals surface area contributed by atoms with Gasteiger partial charge in [0, 0.05) is 12.1 Å². The van der Waals surface area contributed by atoms with Gasteiger partial charge in [-0.1, -0.05) is 41.6 Å². The Morgan fingerprint density at radius 1 is 1.12 bits per heavy atom. The van der Waals surface area contributed by atoms with Crippen LogP contribution in [0.2, 0.25) is 5.02 Å². The third-order valence-electron chi connectivity index (χ3n) is 4.75. The number of nitrogens with zero attached hydrogens (tertiary/aromatic N) is 4. The number of nitrogens with two attached hydrogens (primary N) is 1. The Kier molecular flexibility index (Phi) is 8.24. The standard InChI is InChI=1S/C22H26ClN5O3S/c1-15-5-4-6-16(2)21(15)31-13-19-25-26-22(28(19)24)32-14-20(29)27(3)11-12-30-18-9-7-17(23)8-10-18/h4-10H,11-14,24H2,1-3H3. The Bertz CT molecular complexity index is 1040. The number of benzene rings is 2. The molecule has 0 aliphatic rings. The molecule has 0 saturated heterocycles. The maximum atomic E-state index is 12.4. The molecule has 3 aromatic rings. The monoisotopic (exact) mass is 475 g/mol. The van der Waals surface area contributed by atoms with Crippen LogP contribution in [0.3, 0.4) is 0 Å². The number of hydrogen-bond acceptors (Lipinski definition) is 7. The van der Waals surface area contributed by atoms with Crippen LogP contribution in [0.15, 0.2) is 47.6 Å². The van der Waals surface area contributed by atoms with Gasteiger partial charge in [-0.3, -0.25) is 4.79 Å². The van der Waals surface area contributed by atoms with Crippen molar-refractivity contribution in [1.82, 2.24) is 19.8 Å². The first-order valence-corrected chi connectivity index (χ1v) is 11.3. The molecule has 0 unspecified atom stereocenters. The van der Waals surface area contributed by atoms with Gasteiger partial charge in [0.2, 0.25) is 11.1 Å². The zero-order valence-electron chi connectivity index (χ0n) is 18.2. The van der Waals surface area contributed by atoms with E-state index in [0.29, 0.717) is 34.9 Å². The SMILES string of the molecule is Cc1cccc(C)c1OCc1nnc(SCC(=O)N(C)CCOc2ccc(Cl)cc2)n1N. The lowest BCUT2D eigenvalue weighted by Crippen LogP contribution is -2.32. The Labute approximate surface area is 196 Å². The van der Waals surface area contributed by atoms with E-state index in [4.69, 9.17) is 26.9 Å². The van der Waals surface area contributed by atoms with Crippen LogP contribution in [0.4, 0.5) is 0 Å². The number of carbonyl (C=O) groups is 1. The summed E-state index contributed by atoms with van der Waals surface area (Å²) in [4.78, 5) is 14.0. The molecule has 32 heavy (non-hydrogen) atoms. The lowest BCUT2D eigenvalue weighted by molar-refractivity contribution is -0.127. The molecule has 0 atom stereocenters. The van der Waals surface area contributed by atoms with Gasteiger partial charge in [-0.2, -0.15) is 0 Å². The van der Waals surface area contributed by atoms with Crippen LogP contribution in [-0.2, 0) is 11.4 Å². The van der Waals surface area contributed by atoms with Gasteiger partial charge < -0.3 is 20.2 Å². The number of halogens is 1. The maximum Gasteiger partial charge on any atom is 0.232 e. The zero-order chi connectivity index (χ0) is 23.1. The van der Waals surface area contributed by atoms with Gasteiger partial charge in [0.1, 0.15) is 24.7 Å². The molecule has 0 spiro atoms. The van der Waals surface area contributed by atoms with Crippen molar-refractivity contribution in [2.24, 2.45) is 0 Å². The van der Waals surface area contributed by atoms with E-state index >= 15 is 0 Å². The molecule has 1 amide bonds. The van der Waals surface area contributed by atoms with E-state index in [-0.39, 0.29) is 18.3 Å². The van der Waals surface area contributed by atoms with E-state index < -0.39 is 0 Å². The summed E-state index contributed by atoms with van der Waals surface area (Å²) < 4.78 is 12.9. The number of amides is 1. The van der Waals surface area contributed by atoms with Crippen molar-refractivity contribution in [2.45, 2.75) is 25.6 Å². The minimum absolute atomic E-state index is 0.0639. The van der Waals surface area contributed by atoms with Crippen molar-refractivity contribution in [3.05, 3.63) is 64.4 Å². The Morgan fingerprint density at radius 2 is 1.81 bits per heavy atom. The summed E-state index contributed by atoms with van der Waals surface area (Å²) in [6.45, 7) is 4.98. The van der Waals surface area contributed by atoms with Crippen molar-refractivity contribution < 1.29 is 14.3 Å². The highest BCUT2D eigenvalue weighted by molar-refractivity contribution is 7.99. The first-order chi connectivity index (χ1) is 15.3. The van der Waals surface area contributed by atoms with Gasteiger partial charge in [-0.25, -0.2) is 4.68 Å². The number of likely N-dealkylation sites (N-methyl/N-ethyl adjacent to an activating group) is 1. The minimum Gasteiger partial charge on any atom is -0.492 e. The number of aryl methyl sites for hydroxylation is 2. The summed E-state index contributed by atoms with van der Waals surface area (Å²) in [5, 5.41) is 9.26. The van der Waals surface area contributed by atoms with Crippen LogP contribution in [0.5, 0.6) is 11.5 Å². The highest BCUT2D eigenvalue weighted by Gasteiger charge is 2.15. The third kappa shape index (κ3) is 6.30. The topological polar surface area (TPSA) is 95.5 Å². The van der Waals surface area contributed by atoms with Crippen LogP contribution >= 0.6 is 23.4 Å². The molecule has 0 aliphatic heterocycles. The Hall–Kier alpha value is -2.91. The average Bonchev–Trinajstić information content (AvgIpc) is 3.12. The molecular formula is C22H26ClN5O3S. The van der Waals surface area contributed by atoms with E-state index in [0.717, 1.165) is 16.9 Å². The van der Waals surface area contributed by atoms with Crippen LogP contribution in [0.1, 0.15) is 17.0 Å². The summed E-state index contributed by atoms with van der Waals surface area (Å²) in [5.74, 6) is 8.21. The molecule has 0 aliphatic carbocycles. The normalized spacial score (nSPS) is 10.8. The summed E-state index contributed by atoms with van der Waals surface area (Å²) in [6, 6.07) is 13.0. The molecule has 2 aromatic carbocycles. The first kappa shape index (κ1) is 23.7. The predicted octanol–water partition coefficient (Wildman–Crippen LogP) is 3.47. The molecule has 0 bridgehead atoms. The largest absolute Gasteiger partial charge is 0.492 e. The molecule has 1 aromatic heterocycles. The van der Waals surface area contributed by atoms with Gasteiger partial charge >= 0.3 is 0 Å². The molecule has 10 heteroatoms. The van der Waals surface area contributed by atoms with E-state index in [1.54, 1.807) is 36.2 Å². The second kappa shape index (κ2) is 11.1. The third-order valence-corrected chi connectivity index (χ3v) is 5.93. The summed E-state index contributed by atoms with van der Waals surface area (Å²) >= 11 is 7.08. The number of hydrogen-bond donors (Lipinski definition) is 1. The van der Waals surface area contributed by atoms with Gasteiger partial charge in [-0.05, 0) is 49.2 Å². The molecule has 2 N–H and O–H groups in total. The number of ether oxygens (including phenoxy) is 2. The maximum absolute atomic E-state index is 12.4. The van der Waals surface area contributed by atoms with E-state index in [9.17, 15) is 4.79 Å². The fourth-order valence-electron chi connectivity index (χ4n) is 2.86. The van der Waals surface area contributed by atoms with Gasteiger partial charge in [-0.15, -0.1) is 10.2 Å².